The third-order valence-electron chi connectivity index (χ3n) is 7.19. The predicted octanol–water partition coefficient (Wildman–Crippen LogP) is 6.60. The molecule has 1 aliphatic heterocycles. The van der Waals surface area contributed by atoms with E-state index >= 15 is 0 Å². The number of nitrogens with zero attached hydrogens (tertiary/aromatic N) is 5. The number of alkyl halides is 2. The molecular formula is C28H26F3N5. The number of likely N-dealkylation sites (tertiary alicyclic amines) is 1. The lowest BCUT2D eigenvalue weighted by molar-refractivity contribution is 0.0681. The molecule has 1 fully saturated rings. The lowest BCUT2D eigenvalue weighted by Crippen LogP contribution is -2.33. The summed E-state index contributed by atoms with van der Waals surface area (Å²) in [7, 11) is 0. The molecular weight excluding hydrogens is 463 g/mol. The number of hydrogen-bond acceptors (Lipinski definition) is 3. The molecule has 8 heteroatoms. The minimum atomic E-state index is -2.61. The van der Waals surface area contributed by atoms with Crippen LogP contribution in [0, 0.1) is 12.7 Å². The Kier molecular flexibility index (Phi) is 5.76. The first-order chi connectivity index (χ1) is 17.5. The normalized spacial score (nSPS) is 15.5. The molecule has 0 N–H and O–H groups in total. The maximum atomic E-state index is 14.4. The van der Waals surface area contributed by atoms with Crippen molar-refractivity contribution in [1.82, 2.24) is 24.2 Å². The Morgan fingerprint density at radius 1 is 0.944 bits per heavy atom. The van der Waals surface area contributed by atoms with Gasteiger partial charge >= 0.3 is 6.55 Å². The topological polar surface area (TPSA) is 38.9 Å². The van der Waals surface area contributed by atoms with Crippen LogP contribution in [0.2, 0.25) is 0 Å². The van der Waals surface area contributed by atoms with Crippen molar-refractivity contribution in [3.8, 4) is 5.69 Å². The number of hydrogen-bond donors (Lipinski definition) is 0. The molecule has 0 saturated carbocycles. The van der Waals surface area contributed by atoms with Gasteiger partial charge in [-0.2, -0.15) is 13.9 Å². The number of benzene rings is 3. The van der Waals surface area contributed by atoms with Gasteiger partial charge in [0, 0.05) is 17.8 Å². The Morgan fingerprint density at radius 3 is 2.47 bits per heavy atom. The van der Waals surface area contributed by atoms with Gasteiger partial charge in [0.15, 0.2) is 0 Å². The van der Waals surface area contributed by atoms with Gasteiger partial charge in [0.1, 0.15) is 17.3 Å². The molecule has 36 heavy (non-hydrogen) atoms. The number of halogens is 3. The third-order valence-corrected chi connectivity index (χ3v) is 7.19. The zero-order valence-electron chi connectivity index (χ0n) is 19.9. The average molecular weight is 490 g/mol. The van der Waals surface area contributed by atoms with Gasteiger partial charge in [0.2, 0.25) is 0 Å². The molecule has 184 valence electrons. The summed E-state index contributed by atoms with van der Waals surface area (Å²) in [6.45, 7) is 1.71. The zero-order chi connectivity index (χ0) is 24.8. The highest BCUT2D eigenvalue weighted by Gasteiger charge is 2.28. The lowest BCUT2D eigenvalue weighted by atomic mass is 9.95. The van der Waals surface area contributed by atoms with Crippen molar-refractivity contribution < 1.29 is 13.2 Å². The molecule has 0 bridgehead atoms. The van der Waals surface area contributed by atoms with Crippen molar-refractivity contribution >= 4 is 21.9 Å². The number of rotatable bonds is 5. The first kappa shape index (κ1) is 22.8. The quantitative estimate of drug-likeness (QED) is 0.279. The standard InChI is InChI=1S/C28H26F3N5/c1-18-21-16-19(10-11-24(21)36(33-18)25-8-4-2-6-22(25)29)17-34-14-12-20(13-15-34)27-32-23-7-3-5-9-26(23)35(27)28(30)31/h2-11,16,20,28H,12-15,17H2,1H3. The molecule has 5 aromatic rings. The van der Waals surface area contributed by atoms with Crippen molar-refractivity contribution in [2.45, 2.75) is 38.8 Å². The number of imidazole rings is 1. The van der Waals surface area contributed by atoms with E-state index in [1.54, 1.807) is 41.1 Å². The molecule has 1 aliphatic rings. The van der Waals surface area contributed by atoms with Gasteiger partial charge in [0.25, 0.3) is 0 Å². The maximum absolute atomic E-state index is 14.4. The van der Waals surface area contributed by atoms with E-state index in [0.29, 0.717) is 22.5 Å². The summed E-state index contributed by atoms with van der Waals surface area (Å²) in [5.41, 5.74) is 4.40. The minimum Gasteiger partial charge on any atom is -0.299 e. The van der Waals surface area contributed by atoms with Crippen molar-refractivity contribution in [3.05, 3.63) is 89.6 Å². The second kappa shape index (κ2) is 9.09. The Bertz CT molecular complexity index is 1550. The summed E-state index contributed by atoms with van der Waals surface area (Å²) >= 11 is 0. The Balaban J connectivity index is 1.19. The maximum Gasteiger partial charge on any atom is 0.320 e. The SMILES string of the molecule is Cc1nn(-c2ccccc2F)c2ccc(CN3CCC(c4nc5ccccc5n4C(F)F)CC3)cc12. The molecule has 0 unspecified atom stereocenters. The molecule has 5 nitrogen and oxygen atoms in total. The van der Waals surface area contributed by atoms with Gasteiger partial charge in [-0.1, -0.05) is 30.3 Å². The molecule has 2 aromatic heterocycles. The molecule has 3 heterocycles. The molecule has 6 rings (SSSR count). The summed E-state index contributed by atoms with van der Waals surface area (Å²) < 4.78 is 44.9. The van der Waals surface area contributed by atoms with Crippen LogP contribution in [0.4, 0.5) is 13.2 Å². The summed E-state index contributed by atoms with van der Waals surface area (Å²) in [5.74, 6) is 0.184. The van der Waals surface area contributed by atoms with Gasteiger partial charge < -0.3 is 0 Å². The fourth-order valence-corrected chi connectivity index (χ4v) is 5.38. The van der Waals surface area contributed by atoms with Crippen LogP contribution in [0.25, 0.3) is 27.6 Å². The van der Waals surface area contributed by atoms with Crippen molar-refractivity contribution in [2.75, 3.05) is 13.1 Å². The van der Waals surface area contributed by atoms with Gasteiger partial charge in [0.05, 0.1) is 22.2 Å². The summed E-state index contributed by atoms with van der Waals surface area (Å²) in [5, 5.41) is 5.58. The van der Waals surface area contributed by atoms with E-state index in [4.69, 9.17) is 0 Å². The number of aromatic nitrogens is 4. The molecule has 0 aliphatic carbocycles. The Hall–Kier alpha value is -3.65. The Morgan fingerprint density at radius 2 is 1.69 bits per heavy atom. The predicted molar refractivity (Wildman–Crippen MR) is 134 cm³/mol. The fraction of sp³-hybridized carbons (Fsp3) is 0.286. The van der Waals surface area contributed by atoms with Crippen LogP contribution in [0.5, 0.6) is 0 Å². The largest absolute Gasteiger partial charge is 0.320 e. The van der Waals surface area contributed by atoms with Crippen LogP contribution in [0.15, 0.2) is 66.7 Å². The van der Waals surface area contributed by atoms with E-state index < -0.39 is 6.55 Å². The van der Waals surface area contributed by atoms with E-state index in [-0.39, 0.29) is 11.7 Å². The number of piperidine rings is 1. The van der Waals surface area contributed by atoms with Crippen molar-refractivity contribution in [3.63, 3.8) is 0 Å². The number of fused-ring (bicyclic) bond motifs is 2. The zero-order valence-corrected chi connectivity index (χ0v) is 19.9. The van der Waals surface area contributed by atoms with Crippen LogP contribution in [0.1, 0.15) is 42.4 Å². The van der Waals surface area contributed by atoms with E-state index in [9.17, 15) is 13.2 Å². The minimum absolute atomic E-state index is 0.00590. The highest BCUT2D eigenvalue weighted by atomic mass is 19.3. The smallest absolute Gasteiger partial charge is 0.299 e. The van der Waals surface area contributed by atoms with E-state index in [1.165, 1.54) is 6.07 Å². The number of para-hydroxylation sites is 3. The van der Waals surface area contributed by atoms with Crippen LogP contribution in [-0.4, -0.2) is 37.3 Å². The van der Waals surface area contributed by atoms with Gasteiger partial charge in [-0.3, -0.25) is 9.47 Å². The van der Waals surface area contributed by atoms with Crippen LogP contribution in [0.3, 0.4) is 0 Å². The van der Waals surface area contributed by atoms with Gasteiger partial charge in [-0.05, 0) is 74.8 Å². The summed E-state index contributed by atoms with van der Waals surface area (Å²) in [6, 6.07) is 19.9. The first-order valence-electron chi connectivity index (χ1n) is 12.2. The fourth-order valence-electron chi connectivity index (χ4n) is 5.38. The van der Waals surface area contributed by atoms with E-state index in [2.05, 4.69) is 27.1 Å². The lowest BCUT2D eigenvalue weighted by Gasteiger charge is -2.32. The summed E-state index contributed by atoms with van der Waals surface area (Å²) in [6.07, 6.45) is 1.56. The molecule has 3 aromatic carbocycles. The third kappa shape index (κ3) is 3.95. The molecule has 0 atom stereocenters. The van der Waals surface area contributed by atoms with Crippen LogP contribution < -0.4 is 0 Å². The highest BCUT2D eigenvalue weighted by molar-refractivity contribution is 5.84. The van der Waals surface area contributed by atoms with Crippen LogP contribution in [-0.2, 0) is 6.54 Å². The van der Waals surface area contributed by atoms with Crippen LogP contribution >= 0.6 is 0 Å². The highest BCUT2D eigenvalue weighted by Crippen LogP contribution is 2.34. The molecule has 0 amide bonds. The second-order valence-electron chi connectivity index (χ2n) is 9.46. The van der Waals surface area contributed by atoms with Gasteiger partial charge in [-0.25, -0.2) is 14.1 Å². The molecule has 0 spiro atoms. The Labute approximate surface area is 206 Å². The number of aryl methyl sites for hydroxylation is 1. The molecule has 1 saturated heterocycles. The second-order valence-corrected chi connectivity index (χ2v) is 9.46. The van der Waals surface area contributed by atoms with E-state index in [1.807, 2.05) is 19.1 Å². The summed E-state index contributed by atoms with van der Waals surface area (Å²) in [4.78, 5) is 6.92. The average Bonchev–Trinajstić information content (AvgIpc) is 3.43. The van der Waals surface area contributed by atoms with Crippen molar-refractivity contribution in [1.29, 1.82) is 0 Å². The van der Waals surface area contributed by atoms with Gasteiger partial charge in [-0.15, -0.1) is 0 Å². The van der Waals surface area contributed by atoms with E-state index in [0.717, 1.165) is 59.2 Å². The monoisotopic (exact) mass is 489 g/mol. The molecule has 0 radical (unpaired) electrons. The first-order valence-corrected chi connectivity index (χ1v) is 12.2. The van der Waals surface area contributed by atoms with Crippen molar-refractivity contribution in [2.24, 2.45) is 0 Å².